The zero-order chi connectivity index (χ0) is 17.0. The lowest BCUT2D eigenvalue weighted by Crippen LogP contribution is -2.12. The molecule has 2 aromatic carbocycles. The van der Waals surface area contributed by atoms with Gasteiger partial charge in [0.2, 0.25) is 0 Å². The van der Waals surface area contributed by atoms with E-state index in [-0.39, 0.29) is 29.5 Å². The molecule has 0 bridgehead atoms. The maximum absolute atomic E-state index is 13.7. The Labute approximate surface area is 135 Å². The molecule has 23 heavy (non-hydrogen) atoms. The maximum Gasteiger partial charge on any atom is 0.200 e. The third kappa shape index (κ3) is 4.25. The van der Waals surface area contributed by atoms with E-state index in [4.69, 9.17) is 4.74 Å². The van der Waals surface area contributed by atoms with Gasteiger partial charge in [0.05, 0.1) is 5.56 Å². The lowest BCUT2D eigenvalue weighted by molar-refractivity contribution is 0.0919. The van der Waals surface area contributed by atoms with Gasteiger partial charge in [-0.25, -0.2) is 4.39 Å². The fraction of sp³-hybridized carbons (Fsp3) is 0.263. The van der Waals surface area contributed by atoms with E-state index in [0.29, 0.717) is 11.5 Å². The molecule has 0 radical (unpaired) electrons. The Hall–Kier alpha value is -2.49. The zero-order valence-electron chi connectivity index (χ0n) is 13.4. The van der Waals surface area contributed by atoms with Crippen molar-refractivity contribution in [3.63, 3.8) is 0 Å². The number of ketones is 2. The number of hydrogen-bond acceptors (Lipinski definition) is 3. The summed E-state index contributed by atoms with van der Waals surface area (Å²) in [6.45, 7) is 5.28. The summed E-state index contributed by atoms with van der Waals surface area (Å²) in [6, 6.07) is 11.3. The van der Waals surface area contributed by atoms with Crippen LogP contribution in [0.1, 0.15) is 53.0 Å². The van der Waals surface area contributed by atoms with E-state index in [2.05, 4.69) is 13.8 Å². The Bertz CT molecular complexity index is 718. The molecule has 0 unspecified atom stereocenters. The highest BCUT2D eigenvalue weighted by atomic mass is 19.1. The Morgan fingerprint density at radius 2 is 1.74 bits per heavy atom. The average molecular weight is 314 g/mol. The molecular formula is C19H19FO3. The number of halogens is 1. The number of ether oxygens (including phenoxy) is 1. The molecule has 2 aromatic rings. The number of rotatable bonds is 6. The first kappa shape index (κ1) is 16.9. The zero-order valence-corrected chi connectivity index (χ0v) is 13.4. The van der Waals surface area contributed by atoms with Crippen LogP contribution in [0.5, 0.6) is 5.75 Å². The van der Waals surface area contributed by atoms with Crippen molar-refractivity contribution >= 4 is 11.6 Å². The first-order valence-electron chi connectivity index (χ1n) is 7.45. The van der Waals surface area contributed by atoms with Crippen molar-refractivity contribution in [2.75, 3.05) is 6.61 Å². The van der Waals surface area contributed by atoms with Crippen molar-refractivity contribution in [2.45, 2.75) is 26.7 Å². The van der Waals surface area contributed by atoms with E-state index in [1.54, 1.807) is 12.1 Å². The first-order chi connectivity index (χ1) is 10.9. The predicted octanol–water partition coefficient (Wildman–Crippen LogP) is 4.41. The number of carbonyl (C=O) groups excluding carboxylic acids is 2. The minimum absolute atomic E-state index is 0.00736. The van der Waals surface area contributed by atoms with Crippen LogP contribution in [0.25, 0.3) is 0 Å². The summed E-state index contributed by atoms with van der Waals surface area (Å²) < 4.78 is 19.0. The highest BCUT2D eigenvalue weighted by Crippen LogP contribution is 2.18. The normalized spacial score (nSPS) is 10.7. The number of benzene rings is 2. The smallest absolute Gasteiger partial charge is 0.200 e. The van der Waals surface area contributed by atoms with Crippen LogP contribution in [0.3, 0.4) is 0 Å². The molecule has 0 spiro atoms. The second kappa shape index (κ2) is 7.18. The highest BCUT2D eigenvalue weighted by molar-refractivity contribution is 5.97. The molecular weight excluding hydrogens is 295 g/mol. The van der Waals surface area contributed by atoms with E-state index in [0.717, 1.165) is 11.6 Å². The second-order valence-corrected chi connectivity index (χ2v) is 5.69. The molecule has 4 heteroatoms. The van der Waals surface area contributed by atoms with Gasteiger partial charge in [0.15, 0.2) is 18.2 Å². The third-order valence-electron chi connectivity index (χ3n) is 3.59. The van der Waals surface area contributed by atoms with Crippen molar-refractivity contribution in [1.82, 2.24) is 0 Å². The summed E-state index contributed by atoms with van der Waals surface area (Å²) in [7, 11) is 0. The minimum atomic E-state index is -0.649. The summed E-state index contributed by atoms with van der Waals surface area (Å²) >= 11 is 0. The van der Waals surface area contributed by atoms with Gasteiger partial charge >= 0.3 is 0 Å². The van der Waals surface area contributed by atoms with Crippen LogP contribution >= 0.6 is 0 Å². The Morgan fingerprint density at radius 3 is 2.26 bits per heavy atom. The van der Waals surface area contributed by atoms with Gasteiger partial charge < -0.3 is 4.74 Å². The maximum atomic E-state index is 13.7. The van der Waals surface area contributed by atoms with Crippen LogP contribution in [0, 0.1) is 5.82 Å². The molecule has 0 aliphatic carbocycles. The quantitative estimate of drug-likeness (QED) is 0.742. The van der Waals surface area contributed by atoms with Crippen LogP contribution in [-0.2, 0) is 0 Å². The molecule has 0 amide bonds. The van der Waals surface area contributed by atoms with Gasteiger partial charge in [-0.15, -0.1) is 0 Å². The molecule has 0 fully saturated rings. The summed E-state index contributed by atoms with van der Waals surface area (Å²) in [5.74, 6) is -0.562. The molecule has 120 valence electrons. The van der Waals surface area contributed by atoms with E-state index in [9.17, 15) is 14.0 Å². The predicted molar refractivity (Wildman–Crippen MR) is 86.8 cm³/mol. The average Bonchev–Trinajstić information content (AvgIpc) is 2.52. The highest BCUT2D eigenvalue weighted by Gasteiger charge is 2.11. The van der Waals surface area contributed by atoms with Crippen molar-refractivity contribution in [2.24, 2.45) is 0 Å². The Kier molecular flexibility index (Phi) is 5.27. The molecule has 0 heterocycles. The molecule has 0 aliphatic heterocycles. The van der Waals surface area contributed by atoms with Crippen molar-refractivity contribution in [3.8, 4) is 5.75 Å². The second-order valence-electron chi connectivity index (χ2n) is 5.69. The molecule has 0 aliphatic rings. The van der Waals surface area contributed by atoms with Crippen molar-refractivity contribution in [3.05, 3.63) is 65.0 Å². The minimum Gasteiger partial charge on any atom is -0.485 e. The van der Waals surface area contributed by atoms with Gasteiger partial charge in [0.25, 0.3) is 0 Å². The lowest BCUT2D eigenvalue weighted by Gasteiger charge is -2.08. The summed E-state index contributed by atoms with van der Waals surface area (Å²) in [6.07, 6.45) is 0. The molecule has 0 saturated carbocycles. The fourth-order valence-corrected chi connectivity index (χ4v) is 2.16. The number of carbonyl (C=O) groups is 2. The van der Waals surface area contributed by atoms with Crippen LogP contribution in [-0.4, -0.2) is 18.2 Å². The summed E-state index contributed by atoms with van der Waals surface area (Å²) in [4.78, 5) is 23.3. The molecule has 3 nitrogen and oxygen atoms in total. The van der Waals surface area contributed by atoms with Crippen LogP contribution in [0.2, 0.25) is 0 Å². The molecule has 0 saturated heterocycles. The topological polar surface area (TPSA) is 43.4 Å². The third-order valence-corrected chi connectivity index (χ3v) is 3.59. The van der Waals surface area contributed by atoms with Crippen LogP contribution < -0.4 is 4.74 Å². The van der Waals surface area contributed by atoms with E-state index in [1.165, 1.54) is 19.1 Å². The van der Waals surface area contributed by atoms with Gasteiger partial charge in [0.1, 0.15) is 11.6 Å². The van der Waals surface area contributed by atoms with Gasteiger partial charge in [0, 0.05) is 11.6 Å². The van der Waals surface area contributed by atoms with Crippen molar-refractivity contribution < 1.29 is 18.7 Å². The van der Waals surface area contributed by atoms with E-state index in [1.807, 2.05) is 12.1 Å². The molecule has 0 atom stereocenters. The van der Waals surface area contributed by atoms with E-state index >= 15 is 0 Å². The molecule has 0 aromatic heterocycles. The van der Waals surface area contributed by atoms with Crippen LogP contribution in [0.15, 0.2) is 42.5 Å². The van der Waals surface area contributed by atoms with Gasteiger partial charge in [-0.3, -0.25) is 9.59 Å². The monoisotopic (exact) mass is 314 g/mol. The van der Waals surface area contributed by atoms with Gasteiger partial charge in [-0.2, -0.15) is 0 Å². The van der Waals surface area contributed by atoms with E-state index < -0.39 is 5.82 Å². The Morgan fingerprint density at radius 1 is 1.09 bits per heavy atom. The Balaban J connectivity index is 2.01. The molecule has 0 N–H and O–H groups in total. The number of Topliss-reactive ketones (excluding diaryl/α,β-unsaturated/α-hetero) is 2. The SMILES string of the molecule is CC(=O)c1ccc(OCC(=O)c2ccc(C(C)C)cc2)cc1F. The van der Waals surface area contributed by atoms with Crippen LogP contribution in [0.4, 0.5) is 4.39 Å². The summed E-state index contributed by atoms with van der Waals surface area (Å²) in [5.41, 5.74) is 1.72. The fourth-order valence-electron chi connectivity index (χ4n) is 2.16. The molecule has 2 rings (SSSR count). The van der Waals surface area contributed by atoms with Gasteiger partial charge in [-0.1, -0.05) is 38.1 Å². The summed E-state index contributed by atoms with van der Waals surface area (Å²) in [5, 5.41) is 0. The standard InChI is InChI=1S/C19H19FO3/c1-12(2)14-4-6-15(7-5-14)19(22)11-23-16-8-9-17(13(3)21)18(20)10-16/h4-10,12H,11H2,1-3H3. The lowest BCUT2D eigenvalue weighted by atomic mass is 10.0. The number of hydrogen-bond donors (Lipinski definition) is 0. The first-order valence-corrected chi connectivity index (χ1v) is 7.45. The van der Waals surface area contributed by atoms with Crippen molar-refractivity contribution in [1.29, 1.82) is 0 Å². The van der Waals surface area contributed by atoms with Gasteiger partial charge in [-0.05, 0) is 30.5 Å². The largest absolute Gasteiger partial charge is 0.485 e.